The van der Waals surface area contributed by atoms with Crippen molar-refractivity contribution in [2.45, 2.75) is 32.6 Å². The van der Waals surface area contributed by atoms with Crippen LogP contribution in [0.15, 0.2) is 17.3 Å². The Labute approximate surface area is 140 Å². The van der Waals surface area contributed by atoms with Gasteiger partial charge in [0.15, 0.2) is 5.96 Å². The fraction of sp³-hybridized carbons (Fsp3) is 0.733. The molecule has 1 aliphatic heterocycles. The molecule has 1 aromatic heterocycles. The maximum atomic E-state index is 12.8. The predicted octanol–water partition coefficient (Wildman–Crippen LogP) is 1.45. The average Bonchev–Trinajstić information content (AvgIpc) is 2.95. The molecule has 0 saturated carbocycles. The van der Waals surface area contributed by atoms with Crippen LogP contribution in [0.25, 0.3) is 0 Å². The molecule has 1 atom stereocenters. The molecule has 0 bridgehead atoms. The highest BCUT2D eigenvalue weighted by Gasteiger charge is 2.41. The van der Waals surface area contributed by atoms with Gasteiger partial charge in [-0.1, -0.05) is 0 Å². The first-order chi connectivity index (χ1) is 11.3. The van der Waals surface area contributed by atoms with Crippen LogP contribution >= 0.6 is 0 Å². The third kappa shape index (κ3) is 4.62. The highest BCUT2D eigenvalue weighted by Crippen LogP contribution is 2.25. The topological polar surface area (TPSA) is 48.7 Å². The van der Waals surface area contributed by atoms with Crippen molar-refractivity contribution in [1.29, 1.82) is 0 Å². The molecular formula is C15H25F3N6. The van der Waals surface area contributed by atoms with Gasteiger partial charge in [-0.3, -0.25) is 9.58 Å². The molecule has 0 aromatic carbocycles. The smallest absolute Gasteiger partial charge is 0.357 e. The quantitative estimate of drug-likeness (QED) is 0.662. The number of nitrogens with one attached hydrogen (secondary N) is 1. The van der Waals surface area contributed by atoms with E-state index in [9.17, 15) is 13.2 Å². The monoisotopic (exact) mass is 346 g/mol. The lowest BCUT2D eigenvalue weighted by Gasteiger charge is -2.39. The van der Waals surface area contributed by atoms with Crippen LogP contribution in [-0.2, 0) is 13.6 Å². The molecule has 1 aromatic rings. The molecule has 136 valence electrons. The Morgan fingerprint density at radius 2 is 2.00 bits per heavy atom. The second-order valence-corrected chi connectivity index (χ2v) is 5.86. The number of piperazine rings is 1. The Balaban J connectivity index is 1.97. The summed E-state index contributed by atoms with van der Waals surface area (Å²) in [6.07, 6.45) is -2.46. The van der Waals surface area contributed by atoms with E-state index in [4.69, 9.17) is 0 Å². The van der Waals surface area contributed by atoms with Crippen molar-refractivity contribution >= 4 is 5.96 Å². The van der Waals surface area contributed by atoms with Crippen LogP contribution in [0.4, 0.5) is 13.2 Å². The molecule has 6 nitrogen and oxygen atoms in total. The summed E-state index contributed by atoms with van der Waals surface area (Å²) >= 11 is 0. The SMILES string of the molecule is CCNC(=NCc1ccnn1C)N1CCN(C(C)C(F)(F)F)CC1. The molecule has 24 heavy (non-hydrogen) atoms. The lowest BCUT2D eigenvalue weighted by Crippen LogP contribution is -2.56. The van der Waals surface area contributed by atoms with Crippen molar-refractivity contribution in [3.63, 3.8) is 0 Å². The molecule has 1 fully saturated rings. The van der Waals surface area contributed by atoms with Crippen LogP contribution in [0, 0.1) is 0 Å². The van der Waals surface area contributed by atoms with Gasteiger partial charge in [-0.05, 0) is 19.9 Å². The molecule has 2 rings (SSSR count). The molecule has 0 spiro atoms. The van der Waals surface area contributed by atoms with E-state index in [0.29, 0.717) is 39.3 Å². The largest absolute Gasteiger partial charge is 0.403 e. The summed E-state index contributed by atoms with van der Waals surface area (Å²) in [5.41, 5.74) is 0.981. The van der Waals surface area contributed by atoms with Gasteiger partial charge in [0.05, 0.1) is 12.2 Å². The molecule has 0 aliphatic carbocycles. The van der Waals surface area contributed by atoms with Crippen LogP contribution in [-0.4, -0.2) is 70.5 Å². The first-order valence-electron chi connectivity index (χ1n) is 8.13. The Bertz CT molecular complexity index is 546. The molecule has 1 unspecified atom stereocenters. The molecule has 0 radical (unpaired) electrons. The second kappa shape index (κ2) is 7.87. The van der Waals surface area contributed by atoms with E-state index in [2.05, 4.69) is 15.4 Å². The molecule has 1 aliphatic rings. The predicted molar refractivity (Wildman–Crippen MR) is 86.7 cm³/mol. The fourth-order valence-electron chi connectivity index (χ4n) is 2.67. The maximum Gasteiger partial charge on any atom is 0.403 e. The molecule has 1 N–H and O–H groups in total. The zero-order valence-electron chi connectivity index (χ0n) is 14.3. The fourth-order valence-corrected chi connectivity index (χ4v) is 2.67. The van der Waals surface area contributed by atoms with Crippen molar-refractivity contribution in [3.05, 3.63) is 18.0 Å². The van der Waals surface area contributed by atoms with Gasteiger partial charge >= 0.3 is 6.18 Å². The average molecular weight is 346 g/mol. The number of guanidine groups is 1. The molecule has 2 heterocycles. The van der Waals surface area contributed by atoms with Gasteiger partial charge < -0.3 is 10.2 Å². The van der Waals surface area contributed by atoms with Gasteiger partial charge in [0.25, 0.3) is 0 Å². The summed E-state index contributed by atoms with van der Waals surface area (Å²) < 4.78 is 40.2. The molecule has 9 heteroatoms. The van der Waals surface area contributed by atoms with Crippen molar-refractivity contribution in [1.82, 2.24) is 24.9 Å². The standard InChI is InChI=1S/C15H25F3N6/c1-4-19-14(20-11-13-5-6-21-22(13)3)24-9-7-23(8-10-24)12(2)15(16,17)18/h5-6,12H,4,7-11H2,1-3H3,(H,19,20). The lowest BCUT2D eigenvalue weighted by molar-refractivity contribution is -0.181. The van der Waals surface area contributed by atoms with Crippen LogP contribution in [0.1, 0.15) is 19.5 Å². The zero-order chi connectivity index (χ0) is 17.7. The van der Waals surface area contributed by atoms with Crippen molar-refractivity contribution < 1.29 is 13.2 Å². The summed E-state index contributed by atoms with van der Waals surface area (Å²) in [5, 5.41) is 7.32. The summed E-state index contributed by atoms with van der Waals surface area (Å²) in [7, 11) is 1.86. The van der Waals surface area contributed by atoms with Crippen LogP contribution < -0.4 is 5.32 Å². The second-order valence-electron chi connectivity index (χ2n) is 5.86. The van der Waals surface area contributed by atoms with Crippen LogP contribution in [0.5, 0.6) is 0 Å². The van der Waals surface area contributed by atoms with Crippen LogP contribution in [0.2, 0.25) is 0 Å². The third-order valence-electron chi connectivity index (χ3n) is 4.28. The Morgan fingerprint density at radius 1 is 1.33 bits per heavy atom. The Kier molecular flexibility index (Phi) is 6.09. The zero-order valence-corrected chi connectivity index (χ0v) is 14.3. The number of rotatable bonds is 4. The molecular weight excluding hydrogens is 321 g/mol. The summed E-state index contributed by atoms with van der Waals surface area (Å²) in [5.74, 6) is 0.734. The number of nitrogens with zero attached hydrogens (tertiary/aromatic N) is 5. The normalized spacial score (nSPS) is 18.8. The summed E-state index contributed by atoms with van der Waals surface area (Å²) in [4.78, 5) is 8.08. The number of alkyl halides is 3. The van der Waals surface area contributed by atoms with Gasteiger partial charge in [0.2, 0.25) is 0 Å². The molecule has 0 amide bonds. The number of aliphatic imine (C=N–C) groups is 1. The van der Waals surface area contributed by atoms with Crippen molar-refractivity contribution in [2.75, 3.05) is 32.7 Å². The van der Waals surface area contributed by atoms with Gasteiger partial charge in [-0.25, -0.2) is 4.99 Å². The first kappa shape index (κ1) is 18.6. The minimum absolute atomic E-state index is 0.372. The summed E-state index contributed by atoms with van der Waals surface area (Å²) in [6.45, 7) is 6.18. The Hall–Kier alpha value is -1.77. The van der Waals surface area contributed by atoms with E-state index in [0.717, 1.165) is 11.7 Å². The van der Waals surface area contributed by atoms with E-state index in [1.807, 2.05) is 24.9 Å². The van der Waals surface area contributed by atoms with E-state index in [1.165, 1.54) is 11.8 Å². The number of aromatic nitrogens is 2. The third-order valence-corrected chi connectivity index (χ3v) is 4.28. The summed E-state index contributed by atoms with van der Waals surface area (Å²) in [6, 6.07) is 0.490. The van der Waals surface area contributed by atoms with Crippen molar-refractivity contribution in [3.8, 4) is 0 Å². The maximum absolute atomic E-state index is 12.8. The minimum Gasteiger partial charge on any atom is -0.357 e. The van der Waals surface area contributed by atoms with E-state index in [-0.39, 0.29) is 0 Å². The highest BCUT2D eigenvalue weighted by atomic mass is 19.4. The lowest BCUT2D eigenvalue weighted by atomic mass is 10.2. The molecule has 1 saturated heterocycles. The first-order valence-corrected chi connectivity index (χ1v) is 8.13. The van der Waals surface area contributed by atoms with Crippen LogP contribution in [0.3, 0.4) is 0 Å². The highest BCUT2D eigenvalue weighted by molar-refractivity contribution is 5.80. The van der Waals surface area contributed by atoms with Gasteiger partial charge in [-0.15, -0.1) is 0 Å². The van der Waals surface area contributed by atoms with Gasteiger partial charge in [0.1, 0.15) is 6.04 Å². The number of hydrogen-bond acceptors (Lipinski definition) is 3. The van der Waals surface area contributed by atoms with Gasteiger partial charge in [-0.2, -0.15) is 18.3 Å². The van der Waals surface area contributed by atoms with E-state index < -0.39 is 12.2 Å². The minimum atomic E-state index is -4.18. The number of halogens is 3. The van der Waals surface area contributed by atoms with Crippen molar-refractivity contribution in [2.24, 2.45) is 12.0 Å². The van der Waals surface area contributed by atoms with E-state index in [1.54, 1.807) is 10.9 Å². The Morgan fingerprint density at radius 3 is 2.50 bits per heavy atom. The van der Waals surface area contributed by atoms with Gasteiger partial charge in [0, 0.05) is 46.0 Å². The number of aryl methyl sites for hydroxylation is 1. The van der Waals surface area contributed by atoms with E-state index >= 15 is 0 Å². The number of hydrogen-bond donors (Lipinski definition) is 1.